The largest absolute Gasteiger partial charge is 0.508 e. The fraction of sp³-hybridized carbons (Fsp3) is 0.682. The molecular formula is C22H29NO. The summed E-state index contributed by atoms with van der Waals surface area (Å²) in [5.41, 5.74) is 4.42. The van der Waals surface area contributed by atoms with Crippen molar-refractivity contribution in [3.05, 3.63) is 28.8 Å². The van der Waals surface area contributed by atoms with Gasteiger partial charge in [0.25, 0.3) is 0 Å². The molecular weight excluding hydrogens is 294 g/mol. The molecule has 0 radical (unpaired) electrons. The zero-order valence-corrected chi connectivity index (χ0v) is 15.0. The van der Waals surface area contributed by atoms with Crippen LogP contribution < -0.4 is 0 Å². The molecule has 3 aliphatic rings. The zero-order valence-electron chi connectivity index (χ0n) is 15.0. The van der Waals surface area contributed by atoms with E-state index in [-0.39, 0.29) is 0 Å². The van der Waals surface area contributed by atoms with Gasteiger partial charge in [0, 0.05) is 6.42 Å². The first-order valence-corrected chi connectivity index (χ1v) is 9.80. The minimum absolute atomic E-state index is 0.388. The first kappa shape index (κ1) is 16.0. The summed E-state index contributed by atoms with van der Waals surface area (Å²) in [5, 5.41) is 19.4. The second kappa shape index (κ2) is 5.80. The normalized spacial score (nSPS) is 37.2. The number of nitriles is 1. The highest BCUT2D eigenvalue weighted by atomic mass is 16.3. The van der Waals surface area contributed by atoms with E-state index < -0.39 is 0 Å². The van der Waals surface area contributed by atoms with E-state index in [0.29, 0.717) is 23.0 Å². The summed E-state index contributed by atoms with van der Waals surface area (Å²) in [6.45, 7) is 4.61. The molecule has 2 nitrogen and oxygen atoms in total. The molecule has 5 atom stereocenters. The lowest BCUT2D eigenvalue weighted by atomic mass is 9.54. The van der Waals surface area contributed by atoms with Crippen LogP contribution in [0, 0.1) is 34.5 Å². The number of rotatable bonds is 2. The molecule has 0 saturated heterocycles. The number of phenolic OH excluding ortho intramolecular Hbond substituents is 1. The molecule has 2 saturated carbocycles. The summed E-state index contributed by atoms with van der Waals surface area (Å²) in [5.74, 6) is 3.36. The molecule has 0 heterocycles. The molecule has 0 amide bonds. The number of benzene rings is 1. The Balaban J connectivity index is 1.68. The fourth-order valence-electron chi connectivity index (χ4n) is 6.49. The molecule has 4 rings (SSSR count). The van der Waals surface area contributed by atoms with E-state index in [9.17, 15) is 10.4 Å². The molecule has 1 N–H and O–H groups in total. The summed E-state index contributed by atoms with van der Waals surface area (Å²) in [7, 11) is 0. The lowest BCUT2D eigenvalue weighted by molar-refractivity contribution is 0.0297. The Labute approximate surface area is 145 Å². The fourth-order valence-corrected chi connectivity index (χ4v) is 6.49. The predicted octanol–water partition coefficient (Wildman–Crippen LogP) is 5.34. The van der Waals surface area contributed by atoms with Crippen molar-refractivity contribution >= 4 is 0 Å². The van der Waals surface area contributed by atoms with Crippen LogP contribution in [0.4, 0.5) is 0 Å². The van der Waals surface area contributed by atoms with Crippen LogP contribution in [0.15, 0.2) is 12.1 Å². The van der Waals surface area contributed by atoms with E-state index in [1.165, 1.54) is 43.2 Å². The van der Waals surface area contributed by atoms with Gasteiger partial charge in [0.05, 0.1) is 6.07 Å². The molecule has 0 unspecified atom stereocenters. The van der Waals surface area contributed by atoms with Gasteiger partial charge in [-0.05, 0) is 96.8 Å². The van der Waals surface area contributed by atoms with Gasteiger partial charge in [-0.25, -0.2) is 0 Å². The van der Waals surface area contributed by atoms with Crippen LogP contribution in [0.2, 0.25) is 0 Å². The number of hydrogen-bond donors (Lipinski definition) is 1. The maximum atomic E-state index is 10.2. The Morgan fingerprint density at radius 2 is 2.08 bits per heavy atom. The molecule has 1 aromatic rings. The third kappa shape index (κ3) is 2.20. The Kier molecular flexibility index (Phi) is 3.87. The molecule has 0 aliphatic heterocycles. The Hall–Kier alpha value is -1.49. The summed E-state index contributed by atoms with van der Waals surface area (Å²) in [4.78, 5) is 0. The highest BCUT2D eigenvalue weighted by molar-refractivity contribution is 5.45. The van der Waals surface area contributed by atoms with Crippen LogP contribution in [0.3, 0.4) is 0 Å². The zero-order chi connectivity index (χ0) is 16.9. The van der Waals surface area contributed by atoms with Crippen molar-refractivity contribution in [2.75, 3.05) is 0 Å². The van der Waals surface area contributed by atoms with Crippen LogP contribution >= 0.6 is 0 Å². The van der Waals surface area contributed by atoms with Crippen molar-refractivity contribution in [2.45, 2.75) is 71.1 Å². The third-order valence-corrected chi connectivity index (χ3v) is 7.84. The topological polar surface area (TPSA) is 44.0 Å². The molecule has 128 valence electrons. The number of aromatic hydroxyl groups is 1. The van der Waals surface area contributed by atoms with Gasteiger partial charge in [-0.3, -0.25) is 0 Å². The number of phenols is 1. The number of nitrogens with zero attached hydrogens (tertiary/aromatic N) is 1. The van der Waals surface area contributed by atoms with Gasteiger partial charge in [0.15, 0.2) is 0 Å². The van der Waals surface area contributed by atoms with Crippen molar-refractivity contribution in [2.24, 2.45) is 23.2 Å². The lowest BCUT2D eigenvalue weighted by Gasteiger charge is -2.51. The molecule has 1 aromatic carbocycles. The second-order valence-corrected chi connectivity index (χ2v) is 8.63. The lowest BCUT2D eigenvalue weighted by Crippen LogP contribution is -2.42. The SMILES string of the molecule is CCc1cc2c(cc1O)CC[C@@H]1[C@@H]2CC[C@]2(C)[C@@H](CC#N)CC[C@@H]12. The quantitative estimate of drug-likeness (QED) is 0.798. The van der Waals surface area contributed by atoms with Crippen molar-refractivity contribution in [3.63, 3.8) is 0 Å². The standard InChI is InChI=1S/C22H29NO/c1-3-14-12-19-15(13-21(14)24)4-6-18-17(19)8-10-22(2)16(9-11-23)5-7-20(18)22/h12-13,16-18,20,24H,3-10H2,1-2H3/t16-,17+,18-,20+,22-/m1/s1. The summed E-state index contributed by atoms with van der Waals surface area (Å²) in [6.07, 6.45) is 9.13. The van der Waals surface area contributed by atoms with Crippen molar-refractivity contribution in [1.29, 1.82) is 5.26 Å². The van der Waals surface area contributed by atoms with Crippen LogP contribution in [0.1, 0.15) is 75.0 Å². The minimum Gasteiger partial charge on any atom is -0.508 e. The monoisotopic (exact) mass is 323 g/mol. The Morgan fingerprint density at radius 3 is 2.83 bits per heavy atom. The van der Waals surface area contributed by atoms with Crippen molar-refractivity contribution in [3.8, 4) is 11.8 Å². The maximum Gasteiger partial charge on any atom is 0.119 e. The first-order chi connectivity index (χ1) is 11.6. The van der Waals surface area contributed by atoms with E-state index in [4.69, 9.17) is 0 Å². The molecule has 2 fully saturated rings. The highest BCUT2D eigenvalue weighted by Crippen LogP contribution is 2.63. The van der Waals surface area contributed by atoms with Gasteiger partial charge in [-0.1, -0.05) is 19.9 Å². The van der Waals surface area contributed by atoms with Crippen LogP contribution in [-0.4, -0.2) is 5.11 Å². The minimum atomic E-state index is 0.388. The third-order valence-electron chi connectivity index (χ3n) is 7.84. The molecule has 24 heavy (non-hydrogen) atoms. The summed E-state index contributed by atoms with van der Waals surface area (Å²) >= 11 is 0. The van der Waals surface area contributed by atoms with Crippen molar-refractivity contribution < 1.29 is 5.11 Å². The first-order valence-electron chi connectivity index (χ1n) is 9.80. The van der Waals surface area contributed by atoms with Gasteiger partial charge in [-0.15, -0.1) is 0 Å². The van der Waals surface area contributed by atoms with Crippen molar-refractivity contribution in [1.82, 2.24) is 0 Å². The number of aryl methyl sites for hydroxylation is 2. The van der Waals surface area contributed by atoms with Gasteiger partial charge < -0.3 is 5.11 Å². The maximum absolute atomic E-state index is 10.2. The second-order valence-electron chi connectivity index (χ2n) is 8.63. The Morgan fingerprint density at radius 1 is 1.25 bits per heavy atom. The average Bonchev–Trinajstić information content (AvgIpc) is 2.91. The van der Waals surface area contributed by atoms with Crippen LogP contribution in [-0.2, 0) is 12.8 Å². The van der Waals surface area contributed by atoms with Gasteiger partial charge in [0.1, 0.15) is 5.75 Å². The predicted molar refractivity (Wildman–Crippen MR) is 95.8 cm³/mol. The molecule has 0 spiro atoms. The van der Waals surface area contributed by atoms with E-state index in [2.05, 4.69) is 26.0 Å². The molecule has 0 aromatic heterocycles. The number of fused-ring (bicyclic) bond motifs is 5. The van der Waals surface area contributed by atoms with E-state index >= 15 is 0 Å². The number of hydrogen-bond acceptors (Lipinski definition) is 2. The Bertz CT molecular complexity index is 688. The van der Waals surface area contributed by atoms with Gasteiger partial charge >= 0.3 is 0 Å². The highest BCUT2D eigenvalue weighted by Gasteiger charge is 2.54. The summed E-state index contributed by atoms with van der Waals surface area (Å²) < 4.78 is 0. The summed E-state index contributed by atoms with van der Waals surface area (Å²) in [6, 6.07) is 6.81. The van der Waals surface area contributed by atoms with E-state index in [1.54, 1.807) is 0 Å². The average molecular weight is 323 g/mol. The van der Waals surface area contributed by atoms with Gasteiger partial charge in [0.2, 0.25) is 0 Å². The molecule has 3 aliphatic carbocycles. The van der Waals surface area contributed by atoms with E-state index in [0.717, 1.165) is 36.7 Å². The van der Waals surface area contributed by atoms with E-state index in [1.807, 2.05) is 6.07 Å². The van der Waals surface area contributed by atoms with Crippen LogP contribution in [0.25, 0.3) is 0 Å². The van der Waals surface area contributed by atoms with Crippen LogP contribution in [0.5, 0.6) is 5.75 Å². The smallest absolute Gasteiger partial charge is 0.119 e. The molecule has 0 bridgehead atoms. The van der Waals surface area contributed by atoms with Gasteiger partial charge in [-0.2, -0.15) is 5.26 Å². The molecule has 2 heteroatoms.